The molecular formula is C37H44O10. The van der Waals surface area contributed by atoms with Crippen LogP contribution in [0.3, 0.4) is 0 Å². The van der Waals surface area contributed by atoms with E-state index in [4.69, 9.17) is 28.4 Å². The summed E-state index contributed by atoms with van der Waals surface area (Å²) in [7, 11) is 2.80. The van der Waals surface area contributed by atoms with E-state index in [9.17, 15) is 14.4 Å². The van der Waals surface area contributed by atoms with Gasteiger partial charge in [-0.1, -0.05) is 30.8 Å². The molecule has 0 spiro atoms. The molecule has 10 nitrogen and oxygen atoms in total. The molecular weight excluding hydrogens is 604 g/mol. The van der Waals surface area contributed by atoms with Gasteiger partial charge in [0.2, 0.25) is 0 Å². The molecule has 0 N–H and O–H groups in total. The van der Waals surface area contributed by atoms with Crippen molar-refractivity contribution in [3.8, 4) is 34.1 Å². The van der Waals surface area contributed by atoms with Gasteiger partial charge in [0.15, 0.2) is 11.5 Å². The summed E-state index contributed by atoms with van der Waals surface area (Å²) in [5.74, 6) is 1.32. The maximum Gasteiger partial charge on any atom is 0.507 e. The Labute approximate surface area is 276 Å². The van der Waals surface area contributed by atoms with E-state index in [1.165, 1.54) is 20.3 Å². The molecule has 0 bridgehead atoms. The van der Waals surface area contributed by atoms with Crippen molar-refractivity contribution < 1.29 is 47.5 Å². The number of unbranched alkanes of at least 4 members (excludes halogenated alkanes) is 6. The number of benzene rings is 3. The fourth-order valence-corrected chi connectivity index (χ4v) is 4.47. The molecule has 0 radical (unpaired) electrons. The number of methoxy groups -OCH3 is 2. The lowest BCUT2D eigenvalue weighted by molar-refractivity contribution is -0.137. The summed E-state index contributed by atoms with van der Waals surface area (Å²) in [6.45, 7) is 5.22. The van der Waals surface area contributed by atoms with Crippen molar-refractivity contribution in [3.05, 3.63) is 84.9 Å². The van der Waals surface area contributed by atoms with Crippen molar-refractivity contribution in [2.45, 2.75) is 51.4 Å². The quantitative estimate of drug-likeness (QED) is 0.0487. The molecule has 3 aromatic carbocycles. The molecule has 0 aliphatic carbocycles. The number of rotatable bonds is 21. The average Bonchev–Trinajstić information content (AvgIpc) is 3.10. The maximum absolute atomic E-state index is 12.8. The highest BCUT2D eigenvalue weighted by molar-refractivity contribution is 5.92. The Morgan fingerprint density at radius 1 is 0.617 bits per heavy atom. The van der Waals surface area contributed by atoms with Gasteiger partial charge >= 0.3 is 18.1 Å². The zero-order valence-electron chi connectivity index (χ0n) is 27.2. The van der Waals surface area contributed by atoms with E-state index in [0.29, 0.717) is 49.2 Å². The highest BCUT2D eigenvalue weighted by Gasteiger charge is 2.14. The SMILES string of the molecule is C=CC(=O)OCCCCCCOc1ccc(-c2ccc(OC(=O)c3ccc(OCCCCCCOC(=O)OC)c(OC)c3)cc2)cc1. The molecule has 0 amide bonds. The van der Waals surface area contributed by atoms with Crippen molar-refractivity contribution in [2.24, 2.45) is 0 Å². The lowest BCUT2D eigenvalue weighted by Gasteiger charge is -2.12. The summed E-state index contributed by atoms with van der Waals surface area (Å²) < 4.78 is 37.0. The summed E-state index contributed by atoms with van der Waals surface area (Å²) in [6.07, 6.45) is 7.59. The van der Waals surface area contributed by atoms with Crippen molar-refractivity contribution in [3.63, 3.8) is 0 Å². The molecule has 0 aliphatic heterocycles. The molecule has 0 saturated carbocycles. The smallest absolute Gasteiger partial charge is 0.494 e. The molecule has 252 valence electrons. The van der Waals surface area contributed by atoms with Crippen LogP contribution < -0.4 is 18.9 Å². The average molecular weight is 649 g/mol. The minimum Gasteiger partial charge on any atom is -0.494 e. The van der Waals surface area contributed by atoms with E-state index in [1.807, 2.05) is 36.4 Å². The third kappa shape index (κ3) is 13.5. The first-order chi connectivity index (χ1) is 22.9. The Bertz CT molecular complexity index is 1400. The second-order valence-corrected chi connectivity index (χ2v) is 10.5. The van der Waals surface area contributed by atoms with E-state index < -0.39 is 12.1 Å². The van der Waals surface area contributed by atoms with E-state index in [1.54, 1.807) is 30.3 Å². The van der Waals surface area contributed by atoms with Gasteiger partial charge in [-0.2, -0.15) is 0 Å². The summed E-state index contributed by atoms with van der Waals surface area (Å²) in [5.41, 5.74) is 2.33. The highest BCUT2D eigenvalue weighted by Crippen LogP contribution is 2.30. The third-order valence-corrected chi connectivity index (χ3v) is 7.05. The van der Waals surface area contributed by atoms with Gasteiger partial charge in [0, 0.05) is 6.08 Å². The first kappa shape index (κ1) is 36.5. The predicted molar refractivity (Wildman–Crippen MR) is 177 cm³/mol. The molecule has 0 aliphatic rings. The van der Waals surface area contributed by atoms with Crippen LogP contribution in [0.15, 0.2) is 79.4 Å². The number of esters is 2. The van der Waals surface area contributed by atoms with Crippen molar-refractivity contribution in [1.82, 2.24) is 0 Å². The van der Waals surface area contributed by atoms with Crippen LogP contribution in [0.2, 0.25) is 0 Å². The van der Waals surface area contributed by atoms with Crippen LogP contribution in [-0.4, -0.2) is 58.7 Å². The van der Waals surface area contributed by atoms with E-state index in [2.05, 4.69) is 11.3 Å². The molecule has 10 heteroatoms. The second kappa shape index (κ2) is 20.9. The zero-order chi connectivity index (χ0) is 33.7. The van der Waals surface area contributed by atoms with E-state index >= 15 is 0 Å². The zero-order valence-corrected chi connectivity index (χ0v) is 27.2. The maximum atomic E-state index is 12.8. The molecule has 47 heavy (non-hydrogen) atoms. The Hall–Kier alpha value is -4.99. The summed E-state index contributed by atoms with van der Waals surface area (Å²) in [4.78, 5) is 34.8. The molecule has 0 fully saturated rings. The van der Waals surface area contributed by atoms with E-state index in [0.717, 1.165) is 68.2 Å². The fourth-order valence-electron chi connectivity index (χ4n) is 4.47. The van der Waals surface area contributed by atoms with Crippen LogP contribution in [0, 0.1) is 0 Å². The van der Waals surface area contributed by atoms with Crippen LogP contribution in [0.5, 0.6) is 23.0 Å². The minimum absolute atomic E-state index is 0.330. The lowest BCUT2D eigenvalue weighted by Crippen LogP contribution is -2.09. The van der Waals surface area contributed by atoms with Gasteiger partial charge < -0.3 is 33.2 Å². The molecule has 0 saturated heterocycles. The highest BCUT2D eigenvalue weighted by atomic mass is 16.7. The summed E-state index contributed by atoms with van der Waals surface area (Å²) in [6, 6.07) is 20.1. The first-order valence-corrected chi connectivity index (χ1v) is 15.8. The molecule has 3 rings (SSSR count). The third-order valence-electron chi connectivity index (χ3n) is 7.05. The van der Waals surface area contributed by atoms with E-state index in [-0.39, 0.29) is 5.97 Å². The number of ether oxygens (including phenoxy) is 7. The number of carbonyl (C=O) groups excluding carboxylic acids is 3. The van der Waals surface area contributed by atoms with Gasteiger partial charge in [0.05, 0.1) is 46.2 Å². The van der Waals surface area contributed by atoms with Gasteiger partial charge in [0.25, 0.3) is 0 Å². The summed E-state index contributed by atoms with van der Waals surface area (Å²) in [5, 5.41) is 0. The lowest BCUT2D eigenvalue weighted by atomic mass is 10.1. The molecule has 0 heterocycles. The normalized spacial score (nSPS) is 10.4. The monoisotopic (exact) mass is 648 g/mol. The number of hydrogen-bond donors (Lipinski definition) is 0. The first-order valence-electron chi connectivity index (χ1n) is 15.8. The fraction of sp³-hybridized carbons (Fsp3) is 0.378. The Balaban J connectivity index is 1.38. The number of hydrogen-bond acceptors (Lipinski definition) is 10. The van der Waals surface area contributed by atoms with Crippen LogP contribution in [0.1, 0.15) is 61.7 Å². The molecule has 0 aromatic heterocycles. The van der Waals surface area contributed by atoms with Gasteiger partial charge in [-0.05, 0) is 105 Å². The predicted octanol–water partition coefficient (Wildman–Crippen LogP) is 7.97. The Kier molecular flexibility index (Phi) is 16.2. The van der Waals surface area contributed by atoms with Crippen molar-refractivity contribution >= 4 is 18.1 Å². The standard InChI is InChI=1S/C37H44O10/c1-4-35(38)45-25-11-7-5-9-23-43-31-18-13-28(14-19-31)29-15-20-32(21-16-29)47-36(39)30-17-22-33(34(27-30)41-2)44-24-10-6-8-12-26-46-37(40)42-3/h4,13-22,27H,1,5-12,23-26H2,2-3H3. The van der Waals surface area contributed by atoms with Crippen LogP contribution in [-0.2, 0) is 19.0 Å². The second-order valence-electron chi connectivity index (χ2n) is 10.5. The molecule has 3 aromatic rings. The molecule has 0 unspecified atom stereocenters. The van der Waals surface area contributed by atoms with Gasteiger partial charge in [0.1, 0.15) is 11.5 Å². The largest absolute Gasteiger partial charge is 0.507 e. The number of carbonyl (C=O) groups is 3. The van der Waals surface area contributed by atoms with Gasteiger partial charge in [-0.25, -0.2) is 14.4 Å². The molecule has 0 atom stereocenters. The Morgan fingerprint density at radius 2 is 1.17 bits per heavy atom. The van der Waals surface area contributed by atoms with Gasteiger partial charge in [-0.15, -0.1) is 0 Å². The Morgan fingerprint density at radius 3 is 1.74 bits per heavy atom. The van der Waals surface area contributed by atoms with Crippen LogP contribution in [0.4, 0.5) is 4.79 Å². The minimum atomic E-state index is -0.668. The summed E-state index contributed by atoms with van der Waals surface area (Å²) >= 11 is 0. The van der Waals surface area contributed by atoms with Crippen LogP contribution >= 0.6 is 0 Å². The topological polar surface area (TPSA) is 116 Å². The van der Waals surface area contributed by atoms with Gasteiger partial charge in [-0.3, -0.25) is 0 Å². The van der Waals surface area contributed by atoms with Crippen molar-refractivity contribution in [2.75, 3.05) is 40.6 Å². The van der Waals surface area contributed by atoms with Crippen LogP contribution in [0.25, 0.3) is 11.1 Å². The van der Waals surface area contributed by atoms with Crippen molar-refractivity contribution in [1.29, 1.82) is 0 Å².